The van der Waals surface area contributed by atoms with Gasteiger partial charge in [-0.2, -0.15) is 0 Å². The second-order valence-corrected chi connectivity index (χ2v) is 11.3. The fraction of sp³-hybridized carbons (Fsp3) is 0. The van der Waals surface area contributed by atoms with Crippen molar-refractivity contribution in [3.63, 3.8) is 0 Å². The molecule has 0 aliphatic rings. The number of benzene rings is 9. The van der Waals surface area contributed by atoms with E-state index in [0.717, 1.165) is 17.1 Å². The van der Waals surface area contributed by atoms with Gasteiger partial charge in [-0.25, -0.2) is 0 Å². The van der Waals surface area contributed by atoms with Crippen molar-refractivity contribution < 1.29 is 0 Å². The third-order valence-corrected chi connectivity index (χ3v) is 8.99. The lowest BCUT2D eigenvalue weighted by atomic mass is 9.93. The Morgan fingerprint density at radius 2 is 0.488 bits per heavy atom. The molecule has 0 amide bonds. The Labute approximate surface area is 249 Å². The zero-order chi connectivity index (χ0) is 28.3. The first kappa shape index (κ1) is 24.0. The van der Waals surface area contributed by atoms with Crippen molar-refractivity contribution in [1.29, 1.82) is 0 Å². The number of hydrogen-bond donors (Lipinski definition) is 0. The molecule has 0 saturated carbocycles. The smallest absolute Gasteiger partial charge is 0.0468 e. The van der Waals surface area contributed by atoms with Gasteiger partial charge < -0.3 is 4.90 Å². The van der Waals surface area contributed by atoms with E-state index in [1.54, 1.807) is 0 Å². The monoisotopic (exact) mass is 545 g/mol. The number of rotatable bonds is 3. The predicted octanol–water partition coefficient (Wildman–Crippen LogP) is 12.1. The fourth-order valence-electron chi connectivity index (χ4n) is 7.09. The average molecular weight is 546 g/mol. The Balaban J connectivity index is 1.35. The van der Waals surface area contributed by atoms with Gasteiger partial charge in [-0.1, -0.05) is 127 Å². The van der Waals surface area contributed by atoms with Gasteiger partial charge in [0.25, 0.3) is 0 Å². The van der Waals surface area contributed by atoms with Crippen LogP contribution in [-0.4, -0.2) is 0 Å². The molecule has 0 aromatic heterocycles. The molecular formula is C42H27N. The molecule has 0 radical (unpaired) electrons. The summed E-state index contributed by atoms with van der Waals surface area (Å²) in [5.74, 6) is 0. The van der Waals surface area contributed by atoms with Crippen molar-refractivity contribution in [2.24, 2.45) is 0 Å². The zero-order valence-electron chi connectivity index (χ0n) is 23.5. The van der Waals surface area contributed by atoms with Crippen molar-refractivity contribution in [2.75, 3.05) is 4.90 Å². The van der Waals surface area contributed by atoms with Gasteiger partial charge in [-0.15, -0.1) is 0 Å². The SMILES string of the molecule is c1ccc(N(c2ccc3c4ccccc4c4ccccc4c3c2)c2ccc3c4ccccc4c4ccccc4c3c2)cc1. The fourth-order valence-corrected chi connectivity index (χ4v) is 7.09. The summed E-state index contributed by atoms with van der Waals surface area (Å²) in [5.41, 5.74) is 3.42. The number of nitrogens with zero attached hydrogens (tertiary/aromatic N) is 1. The Morgan fingerprint density at radius 1 is 0.209 bits per heavy atom. The van der Waals surface area contributed by atoms with Crippen LogP contribution in [0.25, 0.3) is 64.6 Å². The standard InChI is InChI=1S/C42H27N/c1-2-12-28(13-3-1)43(29-22-24-39-35-18-6-4-14-31(35)33-16-8-10-20-37(33)41(39)26-29)30-23-25-40-36-19-7-5-15-32(36)34-17-9-11-21-38(34)42(40)27-30/h1-27H. The maximum Gasteiger partial charge on any atom is 0.0468 e. The van der Waals surface area contributed by atoms with Crippen molar-refractivity contribution in [3.8, 4) is 0 Å². The molecule has 1 heteroatoms. The van der Waals surface area contributed by atoms with Crippen LogP contribution in [-0.2, 0) is 0 Å². The predicted molar refractivity (Wildman–Crippen MR) is 186 cm³/mol. The molecule has 0 unspecified atom stereocenters. The van der Waals surface area contributed by atoms with Gasteiger partial charge in [-0.05, 0) is 101 Å². The molecule has 9 rings (SSSR count). The second-order valence-electron chi connectivity index (χ2n) is 11.3. The van der Waals surface area contributed by atoms with Crippen molar-refractivity contribution >= 4 is 81.7 Å². The number of anilines is 3. The minimum atomic E-state index is 1.14. The molecule has 0 bridgehead atoms. The average Bonchev–Trinajstić information content (AvgIpc) is 3.09. The molecule has 0 spiro atoms. The molecule has 1 nitrogen and oxygen atoms in total. The highest BCUT2D eigenvalue weighted by Gasteiger charge is 2.17. The molecule has 0 N–H and O–H groups in total. The van der Waals surface area contributed by atoms with E-state index in [1.807, 2.05) is 0 Å². The molecule has 43 heavy (non-hydrogen) atoms. The molecule has 0 fully saturated rings. The summed E-state index contributed by atoms with van der Waals surface area (Å²) in [5, 5.41) is 15.4. The highest BCUT2D eigenvalue weighted by Crippen LogP contribution is 2.43. The largest absolute Gasteiger partial charge is 0.310 e. The Bertz CT molecular complexity index is 2280. The van der Waals surface area contributed by atoms with Crippen LogP contribution in [0.1, 0.15) is 0 Å². The van der Waals surface area contributed by atoms with Crippen LogP contribution in [0.4, 0.5) is 17.1 Å². The van der Waals surface area contributed by atoms with E-state index in [0.29, 0.717) is 0 Å². The summed E-state index contributed by atoms with van der Waals surface area (Å²) in [6.07, 6.45) is 0. The second kappa shape index (κ2) is 9.44. The highest BCUT2D eigenvalue weighted by molar-refractivity contribution is 6.27. The molecule has 9 aromatic rings. The zero-order valence-corrected chi connectivity index (χ0v) is 23.5. The van der Waals surface area contributed by atoms with Gasteiger partial charge in [0.2, 0.25) is 0 Å². The van der Waals surface area contributed by atoms with Crippen molar-refractivity contribution in [2.45, 2.75) is 0 Å². The molecule has 0 saturated heterocycles. The van der Waals surface area contributed by atoms with E-state index in [9.17, 15) is 0 Å². The summed E-state index contributed by atoms with van der Waals surface area (Å²) in [4.78, 5) is 2.40. The lowest BCUT2D eigenvalue weighted by Crippen LogP contribution is -2.09. The molecular weight excluding hydrogens is 518 g/mol. The van der Waals surface area contributed by atoms with Gasteiger partial charge in [0.1, 0.15) is 0 Å². The maximum absolute atomic E-state index is 2.40. The molecule has 0 aliphatic carbocycles. The lowest BCUT2D eigenvalue weighted by Gasteiger charge is -2.27. The number of para-hydroxylation sites is 1. The Hall–Kier alpha value is -5.66. The first-order chi connectivity index (χ1) is 21.3. The molecule has 200 valence electrons. The number of fused-ring (bicyclic) bond motifs is 12. The van der Waals surface area contributed by atoms with E-state index in [4.69, 9.17) is 0 Å². The van der Waals surface area contributed by atoms with Crippen LogP contribution in [0.15, 0.2) is 164 Å². The van der Waals surface area contributed by atoms with Gasteiger partial charge in [-0.3, -0.25) is 0 Å². The quantitative estimate of drug-likeness (QED) is 0.200. The van der Waals surface area contributed by atoms with Crippen LogP contribution in [0, 0.1) is 0 Å². The van der Waals surface area contributed by atoms with E-state index in [2.05, 4.69) is 169 Å². The third kappa shape index (κ3) is 3.65. The first-order valence-electron chi connectivity index (χ1n) is 14.9. The van der Waals surface area contributed by atoms with Crippen LogP contribution >= 0.6 is 0 Å². The summed E-state index contributed by atoms with van der Waals surface area (Å²) in [6.45, 7) is 0. The molecule has 0 heterocycles. The first-order valence-corrected chi connectivity index (χ1v) is 14.9. The van der Waals surface area contributed by atoms with Gasteiger partial charge in [0.05, 0.1) is 0 Å². The minimum Gasteiger partial charge on any atom is -0.310 e. The van der Waals surface area contributed by atoms with Gasteiger partial charge >= 0.3 is 0 Å². The lowest BCUT2D eigenvalue weighted by molar-refractivity contribution is 1.30. The Kier molecular flexibility index (Phi) is 5.27. The highest BCUT2D eigenvalue weighted by atomic mass is 15.1. The number of hydrogen-bond acceptors (Lipinski definition) is 1. The minimum absolute atomic E-state index is 1.14. The normalized spacial score (nSPS) is 11.7. The Morgan fingerprint density at radius 3 is 0.837 bits per heavy atom. The van der Waals surface area contributed by atoms with E-state index < -0.39 is 0 Å². The van der Waals surface area contributed by atoms with Gasteiger partial charge in [0.15, 0.2) is 0 Å². The summed E-state index contributed by atoms with van der Waals surface area (Å²) < 4.78 is 0. The summed E-state index contributed by atoms with van der Waals surface area (Å²) >= 11 is 0. The summed E-state index contributed by atoms with van der Waals surface area (Å²) in [6, 6.07) is 59.8. The molecule has 0 aliphatic heterocycles. The topological polar surface area (TPSA) is 3.24 Å². The van der Waals surface area contributed by atoms with Crippen LogP contribution in [0.5, 0.6) is 0 Å². The molecule has 0 atom stereocenters. The van der Waals surface area contributed by atoms with Crippen LogP contribution in [0.3, 0.4) is 0 Å². The third-order valence-electron chi connectivity index (χ3n) is 8.99. The van der Waals surface area contributed by atoms with Crippen molar-refractivity contribution in [3.05, 3.63) is 164 Å². The van der Waals surface area contributed by atoms with E-state index >= 15 is 0 Å². The summed E-state index contributed by atoms with van der Waals surface area (Å²) in [7, 11) is 0. The van der Waals surface area contributed by atoms with E-state index in [-0.39, 0.29) is 0 Å². The van der Waals surface area contributed by atoms with Gasteiger partial charge in [0, 0.05) is 17.1 Å². The maximum atomic E-state index is 2.40. The van der Waals surface area contributed by atoms with Crippen molar-refractivity contribution in [1.82, 2.24) is 0 Å². The van der Waals surface area contributed by atoms with E-state index in [1.165, 1.54) is 64.6 Å². The van der Waals surface area contributed by atoms with Crippen LogP contribution in [0.2, 0.25) is 0 Å². The van der Waals surface area contributed by atoms with Crippen LogP contribution < -0.4 is 4.90 Å². The molecule has 9 aromatic carbocycles.